The van der Waals surface area contributed by atoms with Crippen LogP contribution in [0.25, 0.3) is 0 Å². The van der Waals surface area contributed by atoms with Crippen molar-refractivity contribution in [1.29, 1.82) is 0 Å². The third-order valence-corrected chi connectivity index (χ3v) is 6.38. The highest BCUT2D eigenvalue weighted by Crippen LogP contribution is 2.59. The molecule has 1 heterocycles. The van der Waals surface area contributed by atoms with Crippen LogP contribution in [0.2, 0.25) is 0 Å². The van der Waals surface area contributed by atoms with Crippen LogP contribution in [0, 0.1) is 5.41 Å². The fraction of sp³-hybridized carbons (Fsp3) is 0.615. The first-order chi connectivity index (χ1) is 8.56. The predicted octanol–water partition coefficient (Wildman–Crippen LogP) is 1.81. The van der Waals surface area contributed by atoms with E-state index in [9.17, 15) is 8.42 Å². The van der Waals surface area contributed by atoms with E-state index in [0.29, 0.717) is 6.10 Å². The summed E-state index contributed by atoms with van der Waals surface area (Å²) in [6, 6.07) is 5.04. The van der Waals surface area contributed by atoms with Gasteiger partial charge in [-0.1, -0.05) is 6.07 Å². The fourth-order valence-corrected chi connectivity index (χ4v) is 5.18. The molecule has 0 saturated heterocycles. The molecule has 5 heteroatoms. The number of nitrogens with zero attached hydrogens (tertiary/aromatic N) is 1. The molecular weight excluding hydrogens is 250 g/mol. The Kier molecular flexibility index (Phi) is 2.71. The molecule has 0 unspecified atom stereocenters. The molecule has 2 aliphatic carbocycles. The summed E-state index contributed by atoms with van der Waals surface area (Å²) in [6.45, 7) is 0. The molecule has 0 radical (unpaired) electrons. The molecule has 0 bridgehead atoms. The van der Waals surface area contributed by atoms with Gasteiger partial charge in [0.25, 0.3) is 0 Å². The van der Waals surface area contributed by atoms with E-state index in [1.54, 1.807) is 25.3 Å². The molecule has 18 heavy (non-hydrogen) atoms. The Hall–Kier alpha value is -0.940. The van der Waals surface area contributed by atoms with E-state index in [-0.39, 0.29) is 15.7 Å². The van der Waals surface area contributed by atoms with Crippen molar-refractivity contribution in [1.82, 2.24) is 4.98 Å². The van der Waals surface area contributed by atoms with Crippen LogP contribution >= 0.6 is 0 Å². The van der Waals surface area contributed by atoms with Crippen LogP contribution in [0.4, 0.5) is 0 Å². The number of pyridine rings is 1. The Morgan fingerprint density at radius 2 is 2.00 bits per heavy atom. The maximum Gasteiger partial charge on any atom is 0.198 e. The summed E-state index contributed by atoms with van der Waals surface area (Å²) in [7, 11) is -1.51. The number of rotatable bonds is 3. The Bertz CT molecular complexity index is 527. The van der Waals surface area contributed by atoms with Crippen molar-refractivity contribution in [2.75, 3.05) is 7.11 Å². The number of ether oxygens (including phenoxy) is 1. The molecule has 0 amide bonds. The summed E-state index contributed by atoms with van der Waals surface area (Å²) in [4.78, 5) is 3.96. The van der Waals surface area contributed by atoms with Gasteiger partial charge < -0.3 is 4.74 Å². The summed E-state index contributed by atoms with van der Waals surface area (Å²) in [5, 5.41) is -0.0299. The maximum absolute atomic E-state index is 12.3. The van der Waals surface area contributed by atoms with Gasteiger partial charge in [0.05, 0.1) is 11.4 Å². The summed E-state index contributed by atoms with van der Waals surface area (Å²) in [5.41, 5.74) is 0.243. The van der Waals surface area contributed by atoms with E-state index in [1.807, 2.05) is 0 Å². The highest BCUT2D eigenvalue weighted by Gasteiger charge is 2.57. The molecule has 2 fully saturated rings. The lowest BCUT2D eigenvalue weighted by atomic mass is 9.54. The minimum absolute atomic E-state index is 0.215. The molecule has 0 atom stereocenters. The third-order valence-electron chi connectivity index (χ3n) is 4.34. The minimum atomic E-state index is -3.23. The van der Waals surface area contributed by atoms with Gasteiger partial charge in [-0.3, -0.25) is 0 Å². The average Bonchev–Trinajstić information content (AvgIpc) is 2.27. The van der Waals surface area contributed by atoms with Crippen LogP contribution in [0.3, 0.4) is 0 Å². The third kappa shape index (κ3) is 1.77. The van der Waals surface area contributed by atoms with Gasteiger partial charge in [0.2, 0.25) is 0 Å². The Labute approximate surface area is 107 Å². The van der Waals surface area contributed by atoms with Gasteiger partial charge in [-0.15, -0.1) is 0 Å². The van der Waals surface area contributed by atoms with Gasteiger partial charge in [-0.25, -0.2) is 13.4 Å². The molecule has 0 aliphatic heterocycles. The number of sulfone groups is 1. The maximum atomic E-state index is 12.3. The second-order valence-electron chi connectivity index (χ2n) is 5.51. The summed E-state index contributed by atoms with van der Waals surface area (Å²) >= 11 is 0. The second-order valence-corrected chi connectivity index (χ2v) is 7.68. The minimum Gasteiger partial charge on any atom is -0.381 e. The van der Waals surface area contributed by atoms with Crippen LogP contribution in [0.15, 0.2) is 29.4 Å². The molecule has 1 aromatic rings. The molecule has 0 N–H and O–H groups in total. The highest BCUT2D eigenvalue weighted by atomic mass is 32.2. The van der Waals surface area contributed by atoms with Gasteiger partial charge in [0.1, 0.15) is 0 Å². The van der Waals surface area contributed by atoms with Crippen LogP contribution in [0.1, 0.15) is 25.7 Å². The lowest BCUT2D eigenvalue weighted by Gasteiger charge is -2.56. The largest absolute Gasteiger partial charge is 0.381 e. The summed E-state index contributed by atoms with van der Waals surface area (Å²) in [6.07, 6.45) is 5.43. The van der Waals surface area contributed by atoms with Crippen molar-refractivity contribution in [3.63, 3.8) is 0 Å². The first kappa shape index (κ1) is 12.1. The summed E-state index contributed by atoms with van der Waals surface area (Å²) in [5.74, 6) is 0. The predicted molar refractivity (Wildman–Crippen MR) is 66.9 cm³/mol. The van der Waals surface area contributed by atoms with Crippen molar-refractivity contribution in [2.45, 2.75) is 42.1 Å². The first-order valence-electron chi connectivity index (χ1n) is 6.23. The van der Waals surface area contributed by atoms with E-state index in [1.165, 1.54) is 6.20 Å². The molecule has 1 spiro atoms. The lowest BCUT2D eigenvalue weighted by molar-refractivity contribution is -0.0983. The zero-order chi connectivity index (χ0) is 12.8. The van der Waals surface area contributed by atoms with Crippen molar-refractivity contribution >= 4 is 9.84 Å². The molecule has 0 aromatic carbocycles. The number of methoxy groups -OCH3 is 1. The number of hydrogen-bond acceptors (Lipinski definition) is 4. The van der Waals surface area contributed by atoms with Gasteiger partial charge in [-0.05, 0) is 43.2 Å². The van der Waals surface area contributed by atoms with Crippen LogP contribution in [-0.4, -0.2) is 31.9 Å². The Balaban J connectivity index is 1.69. The van der Waals surface area contributed by atoms with Gasteiger partial charge in [0, 0.05) is 13.3 Å². The highest BCUT2D eigenvalue weighted by molar-refractivity contribution is 7.92. The smallest absolute Gasteiger partial charge is 0.198 e. The van der Waals surface area contributed by atoms with E-state index >= 15 is 0 Å². The zero-order valence-electron chi connectivity index (χ0n) is 10.4. The standard InChI is InChI=1S/C13H17NO3S/c1-17-10-6-13(7-10)8-11(9-13)18(15,16)12-4-2-3-5-14-12/h2-5,10-11H,6-9H2,1H3. The van der Waals surface area contributed by atoms with Crippen molar-refractivity contribution in [2.24, 2.45) is 5.41 Å². The monoisotopic (exact) mass is 267 g/mol. The van der Waals surface area contributed by atoms with Crippen LogP contribution < -0.4 is 0 Å². The molecule has 1 aromatic heterocycles. The first-order valence-corrected chi connectivity index (χ1v) is 7.78. The van der Waals surface area contributed by atoms with Gasteiger partial charge in [0.15, 0.2) is 14.9 Å². The zero-order valence-corrected chi connectivity index (χ0v) is 11.2. The van der Waals surface area contributed by atoms with E-state index in [4.69, 9.17) is 4.74 Å². The van der Waals surface area contributed by atoms with Crippen LogP contribution in [0.5, 0.6) is 0 Å². The Morgan fingerprint density at radius 3 is 2.56 bits per heavy atom. The molecule has 2 saturated carbocycles. The summed E-state index contributed by atoms with van der Waals surface area (Å²) < 4.78 is 29.9. The number of hydrogen-bond donors (Lipinski definition) is 0. The molecule has 3 rings (SSSR count). The quantitative estimate of drug-likeness (QED) is 0.838. The average molecular weight is 267 g/mol. The van der Waals surface area contributed by atoms with Crippen LogP contribution in [-0.2, 0) is 14.6 Å². The second kappa shape index (κ2) is 4.03. The normalized spacial score (nSPS) is 34.9. The van der Waals surface area contributed by atoms with E-state index in [2.05, 4.69) is 4.98 Å². The van der Waals surface area contributed by atoms with Crippen molar-refractivity contribution < 1.29 is 13.2 Å². The molecule has 4 nitrogen and oxygen atoms in total. The van der Waals surface area contributed by atoms with E-state index < -0.39 is 9.84 Å². The fourth-order valence-electron chi connectivity index (χ4n) is 3.22. The topological polar surface area (TPSA) is 56.3 Å². The Morgan fingerprint density at radius 1 is 1.28 bits per heavy atom. The SMILES string of the molecule is COC1CC2(C1)CC(S(=O)(=O)c1ccccn1)C2. The van der Waals surface area contributed by atoms with Gasteiger partial charge in [-0.2, -0.15) is 0 Å². The lowest BCUT2D eigenvalue weighted by Crippen LogP contribution is -2.55. The van der Waals surface area contributed by atoms with E-state index in [0.717, 1.165) is 25.7 Å². The van der Waals surface area contributed by atoms with Gasteiger partial charge >= 0.3 is 0 Å². The van der Waals surface area contributed by atoms with Crippen molar-refractivity contribution in [3.8, 4) is 0 Å². The number of aromatic nitrogens is 1. The molecule has 98 valence electrons. The molecular formula is C13H17NO3S. The molecule has 2 aliphatic rings. The van der Waals surface area contributed by atoms with Crippen molar-refractivity contribution in [3.05, 3.63) is 24.4 Å².